The maximum absolute atomic E-state index is 11.6. The predicted octanol–water partition coefficient (Wildman–Crippen LogP) is 3.11. The number of hydrogen-bond acceptors (Lipinski definition) is 3. The van der Waals surface area contributed by atoms with Gasteiger partial charge in [0.25, 0.3) is 0 Å². The Kier molecular flexibility index (Phi) is 5.14. The maximum atomic E-state index is 11.6. The van der Waals surface area contributed by atoms with Gasteiger partial charge in [-0.25, -0.2) is 9.78 Å². The summed E-state index contributed by atoms with van der Waals surface area (Å²) in [6, 6.07) is -0.135. The lowest BCUT2D eigenvalue weighted by Crippen LogP contribution is -2.39. The number of hydrogen-bond donors (Lipinski definition) is 2. The van der Waals surface area contributed by atoms with Crippen molar-refractivity contribution in [2.24, 2.45) is 5.41 Å². The molecule has 5 heteroatoms. The first-order valence-corrected chi connectivity index (χ1v) is 7.12. The van der Waals surface area contributed by atoms with Gasteiger partial charge in [-0.2, -0.15) is 0 Å². The van der Waals surface area contributed by atoms with Gasteiger partial charge in [-0.3, -0.25) is 0 Å². The Morgan fingerprint density at radius 2 is 2.06 bits per heavy atom. The van der Waals surface area contributed by atoms with Crippen molar-refractivity contribution in [3.63, 3.8) is 0 Å². The van der Waals surface area contributed by atoms with E-state index in [9.17, 15) is 4.79 Å². The van der Waals surface area contributed by atoms with E-state index in [1.807, 2.05) is 5.38 Å². The smallest absolute Gasteiger partial charge is 0.315 e. The molecule has 0 saturated heterocycles. The van der Waals surface area contributed by atoms with Crippen LogP contribution in [0.5, 0.6) is 0 Å². The minimum atomic E-state index is -0.135. The Hall–Kier alpha value is -1.10. The molecule has 0 bridgehead atoms. The largest absolute Gasteiger partial charge is 0.338 e. The lowest BCUT2D eigenvalue weighted by Gasteiger charge is -2.18. The molecule has 0 aliphatic rings. The molecule has 0 radical (unpaired) electrons. The van der Waals surface area contributed by atoms with Crippen LogP contribution in [0, 0.1) is 5.41 Å². The molecule has 2 N–H and O–H groups in total. The molecule has 0 unspecified atom stereocenters. The van der Waals surface area contributed by atoms with Crippen molar-refractivity contribution in [2.75, 3.05) is 6.54 Å². The molecule has 0 aliphatic heterocycles. The van der Waals surface area contributed by atoms with Crippen LogP contribution >= 0.6 is 11.3 Å². The minimum absolute atomic E-state index is 0.1000. The summed E-state index contributed by atoms with van der Waals surface area (Å²) < 4.78 is 0. The van der Waals surface area contributed by atoms with Crippen LogP contribution in [-0.2, 0) is 6.54 Å². The molecular weight excluding hydrogens is 246 g/mol. The molecule has 0 fully saturated rings. The number of nitrogens with one attached hydrogen (secondary N) is 2. The molecule has 4 nitrogen and oxygen atoms in total. The molecule has 0 aromatic carbocycles. The number of nitrogens with zero attached hydrogens (tertiary/aromatic N) is 1. The van der Waals surface area contributed by atoms with E-state index in [0.717, 1.165) is 10.7 Å². The summed E-state index contributed by atoms with van der Waals surface area (Å²) in [4.78, 5) is 16.0. The molecule has 0 atom stereocenters. The zero-order chi connectivity index (χ0) is 13.8. The topological polar surface area (TPSA) is 54.0 Å². The monoisotopic (exact) mass is 269 g/mol. The second-order valence-electron chi connectivity index (χ2n) is 5.93. The summed E-state index contributed by atoms with van der Waals surface area (Å²) >= 11 is 1.64. The summed E-state index contributed by atoms with van der Waals surface area (Å²) in [7, 11) is 0. The molecule has 18 heavy (non-hydrogen) atoms. The van der Waals surface area contributed by atoms with E-state index in [1.165, 1.54) is 0 Å². The fourth-order valence-corrected chi connectivity index (χ4v) is 2.08. The van der Waals surface area contributed by atoms with E-state index >= 15 is 0 Å². The zero-order valence-corrected chi connectivity index (χ0v) is 12.6. The molecule has 2 amide bonds. The molecule has 0 spiro atoms. The van der Waals surface area contributed by atoms with Gasteiger partial charge in [0.2, 0.25) is 0 Å². The van der Waals surface area contributed by atoms with E-state index in [1.54, 1.807) is 11.3 Å². The summed E-state index contributed by atoms with van der Waals surface area (Å²) in [6.07, 6.45) is 0. The van der Waals surface area contributed by atoms with Gasteiger partial charge in [0.15, 0.2) is 0 Å². The number of thiazole rings is 1. The van der Waals surface area contributed by atoms with Crippen LogP contribution < -0.4 is 10.6 Å². The van der Waals surface area contributed by atoms with Crippen LogP contribution in [0.4, 0.5) is 4.79 Å². The van der Waals surface area contributed by atoms with Crippen LogP contribution in [0.25, 0.3) is 0 Å². The average Bonchev–Trinajstić information content (AvgIpc) is 2.71. The van der Waals surface area contributed by atoms with Crippen molar-refractivity contribution in [1.82, 2.24) is 15.6 Å². The fourth-order valence-electron chi connectivity index (χ4n) is 1.25. The first-order chi connectivity index (χ1) is 8.28. The normalized spacial score (nSPS) is 11.7. The Bertz CT molecular complexity index is 393. The van der Waals surface area contributed by atoms with Crippen molar-refractivity contribution >= 4 is 17.4 Å². The highest BCUT2D eigenvalue weighted by molar-refractivity contribution is 7.09. The lowest BCUT2D eigenvalue weighted by molar-refractivity contribution is 0.235. The Morgan fingerprint density at radius 1 is 1.39 bits per heavy atom. The predicted molar refractivity (Wildman–Crippen MR) is 75.9 cm³/mol. The van der Waals surface area contributed by atoms with E-state index in [0.29, 0.717) is 19.0 Å². The van der Waals surface area contributed by atoms with Crippen molar-refractivity contribution in [3.8, 4) is 0 Å². The van der Waals surface area contributed by atoms with Gasteiger partial charge >= 0.3 is 6.03 Å². The summed E-state index contributed by atoms with van der Waals surface area (Å²) in [5.41, 5.74) is 1.03. The molecule has 1 aromatic heterocycles. The van der Waals surface area contributed by atoms with E-state index < -0.39 is 0 Å². The third-order valence-corrected chi connectivity index (χ3v) is 3.47. The van der Waals surface area contributed by atoms with Gasteiger partial charge in [0, 0.05) is 17.8 Å². The highest BCUT2D eigenvalue weighted by Gasteiger charge is 2.12. The van der Waals surface area contributed by atoms with Gasteiger partial charge in [0.1, 0.15) is 0 Å². The molecule has 0 saturated carbocycles. The van der Waals surface area contributed by atoms with Crippen molar-refractivity contribution in [2.45, 2.75) is 47.1 Å². The Labute approximate surface area is 113 Å². The number of urea groups is 1. The van der Waals surface area contributed by atoms with Crippen molar-refractivity contribution < 1.29 is 4.79 Å². The standard InChI is InChI=1S/C13H23N3OS/c1-9(2)11-16-10(7-18-11)6-14-12(17)15-8-13(3,4)5/h7,9H,6,8H2,1-5H3,(H2,14,15,17). The van der Waals surface area contributed by atoms with Gasteiger partial charge in [-0.05, 0) is 5.41 Å². The van der Waals surface area contributed by atoms with Crippen molar-refractivity contribution in [3.05, 3.63) is 16.1 Å². The van der Waals surface area contributed by atoms with Crippen LogP contribution in [-0.4, -0.2) is 17.6 Å². The Morgan fingerprint density at radius 3 is 2.56 bits per heavy atom. The van der Waals surface area contributed by atoms with Crippen molar-refractivity contribution in [1.29, 1.82) is 0 Å². The fraction of sp³-hybridized carbons (Fsp3) is 0.692. The average molecular weight is 269 g/mol. The molecule has 1 rings (SSSR count). The highest BCUT2D eigenvalue weighted by atomic mass is 32.1. The van der Waals surface area contributed by atoms with Crippen LogP contribution in [0.15, 0.2) is 5.38 Å². The molecular formula is C13H23N3OS. The summed E-state index contributed by atoms with van der Waals surface area (Å²) in [5.74, 6) is 0.443. The van der Waals surface area contributed by atoms with Crippen LogP contribution in [0.2, 0.25) is 0 Å². The third-order valence-electron chi connectivity index (χ3n) is 2.27. The van der Waals surface area contributed by atoms with Crippen LogP contribution in [0.1, 0.15) is 51.2 Å². The Balaban J connectivity index is 2.33. The van der Waals surface area contributed by atoms with Gasteiger partial charge in [-0.15, -0.1) is 11.3 Å². The van der Waals surface area contributed by atoms with E-state index in [-0.39, 0.29) is 11.4 Å². The molecule has 1 heterocycles. The first kappa shape index (κ1) is 15.0. The second-order valence-corrected chi connectivity index (χ2v) is 6.82. The van der Waals surface area contributed by atoms with E-state index in [4.69, 9.17) is 0 Å². The molecule has 0 aliphatic carbocycles. The minimum Gasteiger partial charge on any atom is -0.338 e. The first-order valence-electron chi connectivity index (χ1n) is 6.24. The lowest BCUT2D eigenvalue weighted by atomic mass is 9.97. The quantitative estimate of drug-likeness (QED) is 0.882. The third kappa shape index (κ3) is 5.49. The number of aromatic nitrogens is 1. The van der Waals surface area contributed by atoms with Gasteiger partial charge < -0.3 is 10.6 Å². The van der Waals surface area contributed by atoms with Gasteiger partial charge in [0.05, 0.1) is 17.2 Å². The number of rotatable bonds is 4. The summed E-state index contributed by atoms with van der Waals surface area (Å²) in [6.45, 7) is 11.6. The summed E-state index contributed by atoms with van der Waals surface area (Å²) in [5, 5.41) is 8.78. The highest BCUT2D eigenvalue weighted by Crippen LogP contribution is 2.18. The zero-order valence-electron chi connectivity index (χ0n) is 11.8. The number of carbonyl (C=O) groups excluding carboxylic acids is 1. The van der Waals surface area contributed by atoms with Gasteiger partial charge in [-0.1, -0.05) is 34.6 Å². The SMILES string of the molecule is CC(C)c1nc(CNC(=O)NCC(C)(C)C)cs1. The second kappa shape index (κ2) is 6.18. The van der Waals surface area contributed by atoms with E-state index in [2.05, 4.69) is 50.2 Å². The number of amides is 2. The molecule has 1 aromatic rings. The molecule has 102 valence electrons. The number of carbonyl (C=O) groups is 1. The maximum Gasteiger partial charge on any atom is 0.315 e. The van der Waals surface area contributed by atoms with Crippen LogP contribution in [0.3, 0.4) is 0 Å².